The third-order valence-corrected chi connectivity index (χ3v) is 6.38. The lowest BCUT2D eigenvalue weighted by molar-refractivity contribution is 0.121. The van der Waals surface area contributed by atoms with Crippen LogP contribution in [0.4, 0.5) is 19.3 Å². The maximum Gasteiger partial charge on any atom is 0.319 e. The van der Waals surface area contributed by atoms with E-state index in [1.807, 2.05) is 32.3 Å². The van der Waals surface area contributed by atoms with E-state index in [1.54, 1.807) is 24.3 Å². The minimum Gasteiger partial charge on any atom is -0.493 e. The Bertz CT molecular complexity index is 1210. The third kappa shape index (κ3) is 7.74. The van der Waals surface area contributed by atoms with E-state index in [9.17, 15) is 18.7 Å². The van der Waals surface area contributed by atoms with E-state index in [4.69, 9.17) is 4.74 Å². The summed E-state index contributed by atoms with van der Waals surface area (Å²) in [5.41, 5.74) is 3.08. The van der Waals surface area contributed by atoms with Gasteiger partial charge in [0.05, 0.1) is 18.8 Å². The van der Waals surface area contributed by atoms with Crippen LogP contribution in [-0.2, 0) is 13.0 Å². The molecule has 9 heteroatoms. The molecule has 0 spiro atoms. The zero-order valence-electron chi connectivity index (χ0n) is 21.6. The van der Waals surface area contributed by atoms with Gasteiger partial charge in [-0.3, -0.25) is 0 Å². The number of anilines is 1. The lowest BCUT2D eigenvalue weighted by atomic mass is 9.96. The predicted molar refractivity (Wildman–Crippen MR) is 143 cm³/mol. The number of aliphatic hydroxyl groups excluding tert-OH is 1. The second-order valence-electron chi connectivity index (χ2n) is 9.83. The standard InChI is InChI=1S/C29H34F2N4O3/c1-35(2)18-19-8-9-28-24(14-19)25(10-11-38-28)32-17-27(36)26(15-20-12-21(30)16-22(31)13-20)34-29(37)33-23-6-4-3-5-7-23/h3-9,12-14,16,25-27,32,36H,10-11,15,17-18H2,1-2H3,(H2,33,34,37)/t25?,26-,27+/m0/s1. The predicted octanol–water partition coefficient (Wildman–Crippen LogP) is 4.23. The number of hydrogen-bond acceptors (Lipinski definition) is 5. The molecule has 0 bridgehead atoms. The number of halogens is 2. The van der Waals surface area contributed by atoms with Crippen LogP contribution in [0.25, 0.3) is 0 Å². The van der Waals surface area contributed by atoms with Gasteiger partial charge in [0.1, 0.15) is 17.4 Å². The average molecular weight is 525 g/mol. The molecule has 1 aliphatic heterocycles. The van der Waals surface area contributed by atoms with Gasteiger partial charge in [-0.25, -0.2) is 13.6 Å². The summed E-state index contributed by atoms with van der Waals surface area (Å²) < 4.78 is 33.5. The first-order valence-electron chi connectivity index (χ1n) is 12.7. The fourth-order valence-electron chi connectivity index (χ4n) is 4.65. The molecule has 1 aliphatic rings. The largest absolute Gasteiger partial charge is 0.493 e. The lowest BCUT2D eigenvalue weighted by Crippen LogP contribution is -2.50. The number of carbonyl (C=O) groups is 1. The average Bonchev–Trinajstić information content (AvgIpc) is 2.86. The molecule has 3 aromatic rings. The van der Waals surface area contributed by atoms with E-state index in [1.165, 1.54) is 12.1 Å². The number of urea groups is 1. The summed E-state index contributed by atoms with van der Waals surface area (Å²) in [5.74, 6) is -0.627. The number of fused-ring (bicyclic) bond motifs is 1. The molecule has 0 saturated heterocycles. The van der Waals surface area contributed by atoms with E-state index in [-0.39, 0.29) is 19.0 Å². The third-order valence-electron chi connectivity index (χ3n) is 6.38. The minimum absolute atomic E-state index is 0.0388. The Morgan fingerprint density at radius 2 is 1.79 bits per heavy atom. The van der Waals surface area contributed by atoms with Crippen molar-refractivity contribution in [2.24, 2.45) is 0 Å². The summed E-state index contributed by atoms with van der Waals surface area (Å²) >= 11 is 0. The van der Waals surface area contributed by atoms with Gasteiger partial charge >= 0.3 is 6.03 Å². The summed E-state index contributed by atoms with van der Waals surface area (Å²) in [6.07, 6.45) is -0.289. The Hall–Kier alpha value is -3.53. The summed E-state index contributed by atoms with van der Waals surface area (Å²) in [6.45, 7) is 1.48. The molecular weight excluding hydrogens is 490 g/mol. The number of para-hydroxylation sites is 1. The molecule has 38 heavy (non-hydrogen) atoms. The molecule has 4 N–H and O–H groups in total. The topological polar surface area (TPSA) is 85.9 Å². The van der Waals surface area contributed by atoms with Crippen molar-refractivity contribution in [1.82, 2.24) is 15.5 Å². The monoisotopic (exact) mass is 524 g/mol. The number of benzene rings is 3. The van der Waals surface area contributed by atoms with Crippen LogP contribution in [-0.4, -0.2) is 55.4 Å². The number of carbonyl (C=O) groups excluding carboxylic acids is 1. The smallest absolute Gasteiger partial charge is 0.319 e. The lowest BCUT2D eigenvalue weighted by Gasteiger charge is -2.30. The molecule has 3 atom stereocenters. The highest BCUT2D eigenvalue weighted by molar-refractivity contribution is 5.89. The van der Waals surface area contributed by atoms with Gasteiger partial charge in [0.25, 0.3) is 0 Å². The fraction of sp³-hybridized carbons (Fsp3) is 0.345. The van der Waals surface area contributed by atoms with E-state index >= 15 is 0 Å². The fourth-order valence-corrected chi connectivity index (χ4v) is 4.65. The molecule has 7 nitrogen and oxygen atoms in total. The summed E-state index contributed by atoms with van der Waals surface area (Å²) in [6, 6.07) is 16.8. The van der Waals surface area contributed by atoms with Crippen molar-refractivity contribution in [3.8, 4) is 5.75 Å². The molecule has 202 valence electrons. The molecule has 4 rings (SSSR count). The van der Waals surface area contributed by atoms with Gasteiger partial charge in [0.15, 0.2) is 0 Å². The molecule has 0 saturated carbocycles. The van der Waals surface area contributed by atoms with E-state index in [0.29, 0.717) is 24.3 Å². The molecule has 0 aliphatic carbocycles. The van der Waals surface area contributed by atoms with E-state index in [0.717, 1.165) is 29.5 Å². The number of hydrogen-bond donors (Lipinski definition) is 4. The van der Waals surface area contributed by atoms with Crippen molar-refractivity contribution >= 4 is 11.7 Å². The highest BCUT2D eigenvalue weighted by Gasteiger charge is 2.26. The Morgan fingerprint density at radius 1 is 1.05 bits per heavy atom. The van der Waals surface area contributed by atoms with E-state index in [2.05, 4.69) is 26.9 Å². The SMILES string of the molecule is CN(C)Cc1ccc2c(c1)C(NC[C@@H](O)[C@H](Cc1cc(F)cc(F)c1)NC(=O)Nc1ccccc1)CCO2. The van der Waals surface area contributed by atoms with Crippen molar-refractivity contribution in [2.45, 2.75) is 37.6 Å². The summed E-state index contributed by atoms with van der Waals surface area (Å²) in [4.78, 5) is 14.8. The number of rotatable bonds is 10. The Morgan fingerprint density at radius 3 is 2.50 bits per heavy atom. The van der Waals surface area contributed by atoms with Gasteiger partial charge in [-0.15, -0.1) is 0 Å². The molecule has 0 radical (unpaired) electrons. The first kappa shape index (κ1) is 27.5. The van der Waals surface area contributed by atoms with Crippen molar-refractivity contribution < 1.29 is 23.4 Å². The highest BCUT2D eigenvalue weighted by Crippen LogP contribution is 2.33. The van der Waals surface area contributed by atoms with Crippen LogP contribution in [0.3, 0.4) is 0 Å². The van der Waals surface area contributed by atoms with Gasteiger partial charge in [-0.05, 0) is 68.0 Å². The van der Waals surface area contributed by atoms with Crippen molar-refractivity contribution in [2.75, 3.05) is 32.6 Å². The molecular formula is C29H34F2N4O3. The highest BCUT2D eigenvalue weighted by atomic mass is 19.1. The van der Waals surface area contributed by atoms with Crippen LogP contribution in [0.5, 0.6) is 5.75 Å². The first-order chi connectivity index (χ1) is 18.3. The zero-order valence-corrected chi connectivity index (χ0v) is 21.6. The van der Waals surface area contributed by atoms with Gasteiger partial charge in [-0.1, -0.05) is 24.3 Å². The van der Waals surface area contributed by atoms with Gasteiger partial charge in [0, 0.05) is 42.9 Å². The number of ether oxygens (including phenoxy) is 1. The maximum atomic E-state index is 13.8. The first-order valence-corrected chi connectivity index (χ1v) is 12.7. The van der Waals surface area contributed by atoms with Crippen molar-refractivity contribution in [3.63, 3.8) is 0 Å². The van der Waals surface area contributed by atoms with Crippen LogP contribution in [0.1, 0.15) is 29.2 Å². The molecule has 1 heterocycles. The van der Waals surface area contributed by atoms with Gasteiger partial charge < -0.3 is 30.7 Å². The van der Waals surface area contributed by atoms with Crippen molar-refractivity contribution in [1.29, 1.82) is 0 Å². The quantitative estimate of drug-likeness (QED) is 0.319. The molecule has 2 amide bonds. The van der Waals surface area contributed by atoms with Crippen molar-refractivity contribution in [3.05, 3.63) is 95.1 Å². The molecule has 0 aromatic heterocycles. The van der Waals surface area contributed by atoms with Gasteiger partial charge in [0.2, 0.25) is 0 Å². The van der Waals surface area contributed by atoms with Gasteiger partial charge in [-0.2, -0.15) is 0 Å². The summed E-state index contributed by atoms with van der Waals surface area (Å²) in [7, 11) is 4.02. The molecule has 1 unspecified atom stereocenters. The Labute approximate surface area is 221 Å². The minimum atomic E-state index is -1.04. The second kappa shape index (κ2) is 12.8. The number of nitrogens with zero attached hydrogens (tertiary/aromatic N) is 1. The number of aliphatic hydroxyl groups is 1. The zero-order chi connectivity index (χ0) is 27.1. The van der Waals surface area contributed by atoms with Crippen LogP contribution in [0.15, 0.2) is 66.7 Å². The summed E-state index contributed by atoms with van der Waals surface area (Å²) in [5, 5.41) is 20.1. The molecule has 3 aromatic carbocycles. The van der Waals surface area contributed by atoms with Crippen LogP contribution in [0, 0.1) is 11.6 Å². The number of nitrogens with one attached hydrogen (secondary N) is 3. The Kier molecular flexibility index (Phi) is 9.28. The normalized spacial score (nSPS) is 16.3. The van der Waals surface area contributed by atoms with Crippen LogP contribution >= 0.6 is 0 Å². The molecule has 0 fully saturated rings. The Balaban J connectivity index is 1.47. The van der Waals surface area contributed by atoms with Crippen LogP contribution < -0.4 is 20.7 Å². The second-order valence-corrected chi connectivity index (χ2v) is 9.83. The van der Waals surface area contributed by atoms with E-state index < -0.39 is 29.8 Å². The van der Waals surface area contributed by atoms with Crippen LogP contribution in [0.2, 0.25) is 0 Å². The maximum absolute atomic E-state index is 13.8. The number of amides is 2.